The topological polar surface area (TPSA) is 69.9 Å². The van der Waals surface area contributed by atoms with Crippen LogP contribution in [-0.2, 0) is 11.3 Å². The molecule has 0 spiro atoms. The highest BCUT2D eigenvalue weighted by Gasteiger charge is 2.38. The standard InChI is InChI=1S/C22H27FN4O3S/c1-15-19(16(2)30-24-15)14-25-8-3-9-26(11-10-25)21(29)22-27(12-13-31-22)20(28)17-4-6-18(23)7-5-17/h4-7,22H,3,8-14H2,1-2H3. The van der Waals surface area contributed by atoms with E-state index in [9.17, 15) is 14.0 Å². The number of carbonyl (C=O) groups is 2. The predicted octanol–water partition coefficient (Wildman–Crippen LogP) is 2.68. The van der Waals surface area contributed by atoms with Crippen molar-refractivity contribution in [3.8, 4) is 0 Å². The highest BCUT2D eigenvalue weighted by molar-refractivity contribution is 8.00. The summed E-state index contributed by atoms with van der Waals surface area (Å²) in [6, 6.07) is 5.49. The van der Waals surface area contributed by atoms with Gasteiger partial charge in [-0.05, 0) is 44.5 Å². The lowest BCUT2D eigenvalue weighted by atomic mass is 10.2. The Morgan fingerprint density at radius 3 is 2.61 bits per heavy atom. The van der Waals surface area contributed by atoms with E-state index in [-0.39, 0.29) is 17.6 Å². The fourth-order valence-electron chi connectivity index (χ4n) is 4.10. The third-order valence-corrected chi connectivity index (χ3v) is 7.11. The lowest BCUT2D eigenvalue weighted by Crippen LogP contribution is -2.47. The van der Waals surface area contributed by atoms with Crippen LogP contribution >= 0.6 is 11.8 Å². The number of amides is 2. The van der Waals surface area contributed by atoms with E-state index in [4.69, 9.17) is 4.52 Å². The van der Waals surface area contributed by atoms with Crippen LogP contribution in [0.2, 0.25) is 0 Å². The zero-order valence-electron chi connectivity index (χ0n) is 17.8. The summed E-state index contributed by atoms with van der Waals surface area (Å²) in [4.78, 5) is 32.0. The van der Waals surface area contributed by atoms with Gasteiger partial charge in [0.1, 0.15) is 11.6 Å². The van der Waals surface area contributed by atoms with Gasteiger partial charge < -0.3 is 14.3 Å². The number of benzene rings is 1. The van der Waals surface area contributed by atoms with Crippen molar-refractivity contribution in [2.45, 2.75) is 32.2 Å². The van der Waals surface area contributed by atoms with Crippen molar-refractivity contribution < 1.29 is 18.5 Å². The van der Waals surface area contributed by atoms with Crippen molar-refractivity contribution in [1.29, 1.82) is 0 Å². The van der Waals surface area contributed by atoms with Gasteiger partial charge in [-0.1, -0.05) is 5.16 Å². The molecule has 7 nitrogen and oxygen atoms in total. The van der Waals surface area contributed by atoms with Crippen molar-refractivity contribution >= 4 is 23.6 Å². The number of halogens is 1. The van der Waals surface area contributed by atoms with E-state index in [1.807, 2.05) is 18.7 Å². The summed E-state index contributed by atoms with van der Waals surface area (Å²) in [5, 5.41) is 3.51. The molecule has 0 radical (unpaired) electrons. The first-order valence-corrected chi connectivity index (χ1v) is 11.6. The monoisotopic (exact) mass is 446 g/mol. The van der Waals surface area contributed by atoms with Gasteiger partial charge in [-0.3, -0.25) is 14.5 Å². The van der Waals surface area contributed by atoms with Gasteiger partial charge in [-0.15, -0.1) is 11.8 Å². The Morgan fingerprint density at radius 1 is 1.13 bits per heavy atom. The lowest BCUT2D eigenvalue weighted by molar-refractivity contribution is -0.132. The van der Waals surface area contributed by atoms with E-state index in [0.717, 1.165) is 48.8 Å². The molecule has 9 heteroatoms. The van der Waals surface area contributed by atoms with Gasteiger partial charge in [-0.25, -0.2) is 4.39 Å². The third kappa shape index (κ3) is 4.77. The molecule has 31 heavy (non-hydrogen) atoms. The van der Waals surface area contributed by atoms with Gasteiger partial charge >= 0.3 is 0 Å². The van der Waals surface area contributed by atoms with E-state index in [1.54, 1.807) is 4.90 Å². The van der Waals surface area contributed by atoms with Crippen molar-refractivity contribution in [2.75, 3.05) is 38.5 Å². The molecule has 2 saturated heterocycles. The average Bonchev–Trinajstić information content (AvgIpc) is 3.29. The SMILES string of the molecule is Cc1noc(C)c1CN1CCCN(C(=O)C2SCCN2C(=O)c2ccc(F)cc2)CC1. The molecule has 1 aromatic carbocycles. The molecule has 166 valence electrons. The quantitative estimate of drug-likeness (QED) is 0.719. The van der Waals surface area contributed by atoms with Crippen LogP contribution in [0.15, 0.2) is 28.8 Å². The van der Waals surface area contributed by atoms with E-state index < -0.39 is 5.37 Å². The van der Waals surface area contributed by atoms with Crippen molar-refractivity contribution in [1.82, 2.24) is 19.9 Å². The molecular weight excluding hydrogens is 419 g/mol. The van der Waals surface area contributed by atoms with Crippen LogP contribution in [0.1, 0.15) is 33.8 Å². The van der Waals surface area contributed by atoms with Gasteiger partial charge in [0.2, 0.25) is 0 Å². The number of hydrogen-bond acceptors (Lipinski definition) is 6. The normalized spacial score (nSPS) is 20.2. The van der Waals surface area contributed by atoms with Crippen LogP contribution in [0, 0.1) is 19.7 Å². The molecule has 2 aliphatic heterocycles. The Kier molecular flexibility index (Phi) is 6.62. The molecule has 0 N–H and O–H groups in total. The minimum absolute atomic E-state index is 0.0165. The fourth-order valence-corrected chi connectivity index (χ4v) is 5.30. The van der Waals surface area contributed by atoms with E-state index in [2.05, 4.69) is 10.1 Å². The van der Waals surface area contributed by atoms with Crippen LogP contribution in [0.5, 0.6) is 0 Å². The second-order valence-corrected chi connectivity index (χ2v) is 9.17. The number of carbonyl (C=O) groups excluding carboxylic acids is 2. The van der Waals surface area contributed by atoms with Crippen LogP contribution in [0.3, 0.4) is 0 Å². The summed E-state index contributed by atoms with van der Waals surface area (Å²) in [7, 11) is 0. The summed E-state index contributed by atoms with van der Waals surface area (Å²) in [5.41, 5.74) is 2.43. The van der Waals surface area contributed by atoms with E-state index in [0.29, 0.717) is 25.2 Å². The van der Waals surface area contributed by atoms with Crippen LogP contribution in [-0.4, -0.2) is 75.5 Å². The number of thioether (sulfide) groups is 1. The maximum absolute atomic E-state index is 13.3. The number of hydrogen-bond donors (Lipinski definition) is 0. The number of aryl methyl sites for hydroxylation is 2. The molecule has 2 amide bonds. The first kappa shape index (κ1) is 21.8. The van der Waals surface area contributed by atoms with Crippen molar-refractivity contribution in [3.05, 3.63) is 52.7 Å². The Bertz CT molecular complexity index is 929. The molecule has 1 atom stereocenters. The van der Waals surface area contributed by atoms with Gasteiger partial charge in [0.15, 0.2) is 5.37 Å². The highest BCUT2D eigenvalue weighted by atomic mass is 32.2. The van der Waals surface area contributed by atoms with Gasteiger partial charge in [0.25, 0.3) is 11.8 Å². The summed E-state index contributed by atoms with van der Waals surface area (Å²) in [6.45, 7) is 8.10. The molecule has 2 aromatic rings. The number of nitrogens with zero attached hydrogens (tertiary/aromatic N) is 4. The maximum atomic E-state index is 13.3. The molecule has 2 aliphatic rings. The van der Waals surface area contributed by atoms with E-state index in [1.165, 1.54) is 36.0 Å². The summed E-state index contributed by atoms with van der Waals surface area (Å²) < 4.78 is 18.5. The summed E-state index contributed by atoms with van der Waals surface area (Å²) >= 11 is 1.50. The zero-order valence-corrected chi connectivity index (χ0v) is 18.7. The second kappa shape index (κ2) is 9.40. The van der Waals surface area contributed by atoms with Crippen molar-refractivity contribution in [2.24, 2.45) is 0 Å². The molecule has 0 saturated carbocycles. The third-order valence-electron chi connectivity index (χ3n) is 5.92. The Morgan fingerprint density at radius 2 is 1.90 bits per heavy atom. The van der Waals surface area contributed by atoms with Gasteiger partial charge in [-0.2, -0.15) is 0 Å². The molecule has 4 rings (SSSR count). The molecule has 1 unspecified atom stereocenters. The first-order chi connectivity index (χ1) is 14.9. The highest BCUT2D eigenvalue weighted by Crippen LogP contribution is 2.28. The largest absolute Gasteiger partial charge is 0.361 e. The average molecular weight is 447 g/mol. The molecular formula is C22H27FN4O3S. The first-order valence-electron chi connectivity index (χ1n) is 10.5. The Hall–Kier alpha value is -2.39. The zero-order chi connectivity index (χ0) is 22.0. The second-order valence-electron chi connectivity index (χ2n) is 7.99. The molecule has 1 aromatic heterocycles. The number of aromatic nitrogens is 1. The van der Waals surface area contributed by atoms with E-state index >= 15 is 0 Å². The van der Waals surface area contributed by atoms with Crippen molar-refractivity contribution in [3.63, 3.8) is 0 Å². The molecule has 0 bridgehead atoms. The summed E-state index contributed by atoms with van der Waals surface area (Å²) in [6.07, 6.45) is 0.873. The van der Waals surface area contributed by atoms with Crippen LogP contribution in [0.4, 0.5) is 4.39 Å². The Balaban J connectivity index is 1.39. The molecule has 0 aliphatic carbocycles. The molecule has 3 heterocycles. The smallest absolute Gasteiger partial charge is 0.255 e. The maximum Gasteiger partial charge on any atom is 0.255 e. The summed E-state index contributed by atoms with van der Waals surface area (Å²) in [5.74, 6) is 0.933. The minimum Gasteiger partial charge on any atom is -0.361 e. The lowest BCUT2D eigenvalue weighted by Gasteiger charge is -2.29. The van der Waals surface area contributed by atoms with Gasteiger partial charge in [0.05, 0.1) is 5.69 Å². The fraction of sp³-hybridized carbons (Fsp3) is 0.500. The van der Waals surface area contributed by atoms with Crippen LogP contribution in [0.25, 0.3) is 0 Å². The van der Waals surface area contributed by atoms with Crippen LogP contribution < -0.4 is 0 Å². The Labute approximate surface area is 185 Å². The van der Waals surface area contributed by atoms with Gasteiger partial charge in [0, 0.05) is 56.1 Å². The predicted molar refractivity (Wildman–Crippen MR) is 116 cm³/mol. The molecule has 2 fully saturated rings. The number of rotatable bonds is 4. The minimum atomic E-state index is -0.522.